The lowest BCUT2D eigenvalue weighted by molar-refractivity contribution is 0.876. The third kappa shape index (κ3) is 3.88. The molecule has 0 saturated carbocycles. The topological polar surface area (TPSA) is 0 Å². The number of benzene rings is 1. The fraction of sp³-hybridized carbons (Fsp3) is 0.250. The minimum absolute atomic E-state index is 0.899. The SMILES string of the molecule is C#C[Si](C#C)(C#Cc1ccccc1)CCCC. The fourth-order valence-electron chi connectivity index (χ4n) is 1.46. The Balaban J connectivity index is 2.93. The molecule has 0 bridgehead atoms. The van der Waals surface area contributed by atoms with Gasteiger partial charge in [-0.1, -0.05) is 49.4 Å². The van der Waals surface area contributed by atoms with Gasteiger partial charge in [-0.15, -0.1) is 23.9 Å². The second-order valence-electron chi connectivity index (χ2n) is 3.91. The first-order valence-electron chi connectivity index (χ1n) is 5.80. The Morgan fingerprint density at radius 2 is 1.76 bits per heavy atom. The van der Waals surface area contributed by atoms with E-state index in [2.05, 4.69) is 29.5 Å². The molecule has 0 heterocycles. The van der Waals surface area contributed by atoms with Crippen LogP contribution < -0.4 is 0 Å². The molecule has 0 aliphatic rings. The van der Waals surface area contributed by atoms with E-state index in [9.17, 15) is 0 Å². The van der Waals surface area contributed by atoms with Gasteiger partial charge in [0, 0.05) is 5.56 Å². The van der Waals surface area contributed by atoms with Crippen molar-refractivity contribution in [3.63, 3.8) is 0 Å². The molecule has 0 spiro atoms. The monoisotopic (exact) mass is 236 g/mol. The summed E-state index contributed by atoms with van der Waals surface area (Å²) in [6.07, 6.45) is 13.3. The number of hydrogen-bond donors (Lipinski definition) is 0. The maximum Gasteiger partial charge on any atom is 0.290 e. The molecule has 1 rings (SSSR count). The van der Waals surface area contributed by atoms with Crippen molar-refractivity contribution in [1.82, 2.24) is 0 Å². The third-order valence-electron chi connectivity index (χ3n) is 2.59. The van der Waals surface area contributed by atoms with E-state index < -0.39 is 8.07 Å². The molecule has 0 atom stereocenters. The van der Waals surface area contributed by atoms with Gasteiger partial charge in [0.1, 0.15) is 0 Å². The summed E-state index contributed by atoms with van der Waals surface area (Å²) in [6, 6.07) is 10.7. The van der Waals surface area contributed by atoms with Crippen molar-refractivity contribution in [2.75, 3.05) is 0 Å². The summed E-state index contributed by atoms with van der Waals surface area (Å²) in [4.78, 5) is 0. The quantitative estimate of drug-likeness (QED) is 0.558. The average Bonchev–Trinajstić information content (AvgIpc) is 2.41. The van der Waals surface area contributed by atoms with Crippen LogP contribution in [0.25, 0.3) is 0 Å². The Kier molecular flexibility index (Phi) is 5.15. The molecule has 0 amide bonds. The summed E-state index contributed by atoms with van der Waals surface area (Å²) < 4.78 is 0. The van der Waals surface area contributed by atoms with Gasteiger partial charge in [-0.25, -0.2) is 0 Å². The molecule has 0 radical (unpaired) electrons. The van der Waals surface area contributed by atoms with E-state index in [1.807, 2.05) is 30.3 Å². The van der Waals surface area contributed by atoms with Crippen molar-refractivity contribution in [1.29, 1.82) is 0 Å². The summed E-state index contributed by atoms with van der Waals surface area (Å²) in [5.74, 6) is 3.12. The van der Waals surface area contributed by atoms with E-state index in [0.29, 0.717) is 0 Å². The second kappa shape index (κ2) is 6.65. The van der Waals surface area contributed by atoms with Gasteiger partial charge in [-0.3, -0.25) is 0 Å². The van der Waals surface area contributed by atoms with Crippen molar-refractivity contribution < 1.29 is 0 Å². The predicted molar refractivity (Wildman–Crippen MR) is 76.5 cm³/mol. The first kappa shape index (κ1) is 13.2. The second-order valence-corrected chi connectivity index (χ2v) is 7.05. The largest absolute Gasteiger partial charge is 0.290 e. The molecule has 0 nitrogen and oxygen atoms in total. The first-order chi connectivity index (χ1) is 8.26. The molecule has 0 unspecified atom stereocenters. The molecule has 0 N–H and O–H groups in total. The number of terminal acetylenes is 2. The van der Waals surface area contributed by atoms with E-state index in [1.165, 1.54) is 0 Å². The molecule has 1 aromatic carbocycles. The zero-order valence-electron chi connectivity index (χ0n) is 10.2. The number of unbranched alkanes of at least 4 members (excludes halogenated alkanes) is 1. The van der Waals surface area contributed by atoms with Crippen molar-refractivity contribution >= 4 is 8.07 Å². The van der Waals surface area contributed by atoms with Crippen LogP contribution in [0.2, 0.25) is 6.04 Å². The highest BCUT2D eigenvalue weighted by Gasteiger charge is 2.25. The summed E-state index contributed by atoms with van der Waals surface area (Å²) in [5, 5.41) is 0. The highest BCUT2D eigenvalue weighted by Crippen LogP contribution is 2.11. The van der Waals surface area contributed by atoms with E-state index >= 15 is 0 Å². The highest BCUT2D eigenvalue weighted by molar-refractivity contribution is 7.00. The van der Waals surface area contributed by atoms with Crippen LogP contribution in [0.15, 0.2) is 30.3 Å². The zero-order chi connectivity index (χ0) is 12.6. The Hall–Kier alpha value is -1.88. The van der Waals surface area contributed by atoms with Crippen LogP contribution in [-0.2, 0) is 0 Å². The normalized spacial score (nSPS) is 9.59. The highest BCUT2D eigenvalue weighted by atomic mass is 28.3. The van der Waals surface area contributed by atoms with Gasteiger partial charge in [0.2, 0.25) is 0 Å². The number of rotatable bonds is 3. The molecular formula is C16H16Si. The van der Waals surface area contributed by atoms with Crippen molar-refractivity contribution in [2.45, 2.75) is 25.8 Å². The van der Waals surface area contributed by atoms with Crippen molar-refractivity contribution in [3.8, 4) is 35.4 Å². The van der Waals surface area contributed by atoms with E-state index in [-0.39, 0.29) is 0 Å². The minimum Gasteiger partial charge on any atom is -0.125 e. The van der Waals surface area contributed by atoms with Crippen LogP contribution in [0.4, 0.5) is 0 Å². The minimum atomic E-state index is -2.25. The molecule has 84 valence electrons. The molecule has 0 fully saturated rings. The van der Waals surface area contributed by atoms with E-state index in [0.717, 1.165) is 24.4 Å². The number of hydrogen-bond acceptors (Lipinski definition) is 0. The fourth-order valence-corrected chi connectivity index (χ4v) is 3.35. The van der Waals surface area contributed by atoms with Crippen LogP contribution in [-0.4, -0.2) is 8.07 Å². The Morgan fingerprint density at radius 1 is 1.12 bits per heavy atom. The van der Waals surface area contributed by atoms with Crippen LogP contribution in [0, 0.1) is 35.4 Å². The molecule has 17 heavy (non-hydrogen) atoms. The summed E-state index contributed by atoms with van der Waals surface area (Å²) >= 11 is 0. The lowest BCUT2D eigenvalue weighted by Crippen LogP contribution is -2.29. The smallest absolute Gasteiger partial charge is 0.125 e. The first-order valence-corrected chi connectivity index (χ1v) is 8.01. The third-order valence-corrected chi connectivity index (χ3v) is 5.23. The predicted octanol–water partition coefficient (Wildman–Crippen LogP) is 3.17. The maximum atomic E-state index is 5.59. The molecule has 1 aromatic rings. The lowest BCUT2D eigenvalue weighted by atomic mass is 10.2. The molecule has 0 aliphatic heterocycles. The van der Waals surface area contributed by atoms with Gasteiger partial charge in [-0.05, 0) is 18.2 Å². The molecule has 1 heteroatoms. The van der Waals surface area contributed by atoms with Crippen LogP contribution in [0.1, 0.15) is 25.3 Å². The molecule has 0 aromatic heterocycles. The van der Waals surface area contributed by atoms with Crippen molar-refractivity contribution in [3.05, 3.63) is 35.9 Å². The van der Waals surface area contributed by atoms with Gasteiger partial charge in [0.15, 0.2) is 0 Å². The van der Waals surface area contributed by atoms with E-state index in [4.69, 9.17) is 12.8 Å². The standard InChI is InChI=1S/C16H16Si/c1-4-7-14-17(5-2,6-3)15-13-16-11-9-8-10-12-16/h2-3,8-12H,4,7,14H2,1H3. The van der Waals surface area contributed by atoms with Gasteiger partial charge < -0.3 is 0 Å². The van der Waals surface area contributed by atoms with Crippen LogP contribution in [0.3, 0.4) is 0 Å². The molecule has 0 saturated heterocycles. The molecular weight excluding hydrogens is 220 g/mol. The Bertz CT molecular complexity index is 474. The van der Waals surface area contributed by atoms with Gasteiger partial charge >= 0.3 is 0 Å². The lowest BCUT2D eigenvalue weighted by Gasteiger charge is -2.10. The maximum absolute atomic E-state index is 5.59. The van der Waals surface area contributed by atoms with Gasteiger partial charge in [0.05, 0.1) is 0 Å². The molecule has 0 aliphatic carbocycles. The Labute approximate surface area is 105 Å². The summed E-state index contributed by atoms with van der Waals surface area (Å²) in [5.41, 5.74) is 9.78. The van der Waals surface area contributed by atoms with Gasteiger partial charge in [-0.2, -0.15) is 0 Å². The van der Waals surface area contributed by atoms with Crippen LogP contribution >= 0.6 is 0 Å². The zero-order valence-corrected chi connectivity index (χ0v) is 11.2. The van der Waals surface area contributed by atoms with Crippen molar-refractivity contribution in [2.24, 2.45) is 0 Å². The average molecular weight is 236 g/mol. The summed E-state index contributed by atoms with van der Waals surface area (Å²) in [7, 11) is -2.25. The Morgan fingerprint density at radius 3 is 2.29 bits per heavy atom. The van der Waals surface area contributed by atoms with E-state index in [1.54, 1.807) is 0 Å². The summed E-state index contributed by atoms with van der Waals surface area (Å²) in [6.45, 7) is 2.14. The van der Waals surface area contributed by atoms with Crippen LogP contribution in [0.5, 0.6) is 0 Å². The van der Waals surface area contributed by atoms with Gasteiger partial charge in [0.25, 0.3) is 8.07 Å².